The van der Waals surface area contributed by atoms with Gasteiger partial charge in [0.1, 0.15) is 5.60 Å². The lowest BCUT2D eigenvalue weighted by Crippen LogP contribution is -2.39. The smallest absolute Gasteiger partial charge is 0.408 e. The van der Waals surface area contributed by atoms with Gasteiger partial charge in [-0.05, 0) is 27.2 Å². The summed E-state index contributed by atoms with van der Waals surface area (Å²) in [6.45, 7) is 14.9. The lowest BCUT2D eigenvalue weighted by Gasteiger charge is -2.23. The second-order valence-electron chi connectivity index (χ2n) is 4.64. The fourth-order valence-electron chi connectivity index (χ4n) is 1.10. The van der Waals surface area contributed by atoms with Gasteiger partial charge in [0.2, 0.25) is 0 Å². The van der Waals surface area contributed by atoms with Gasteiger partial charge in [0.25, 0.3) is 0 Å². The Morgan fingerprint density at radius 1 is 1.47 bits per heavy atom. The molecule has 3 N–H and O–H groups in total. The van der Waals surface area contributed by atoms with Crippen LogP contribution in [0, 0.1) is 0 Å². The number of nitrogens with two attached hydrogens (primary N) is 1. The molecule has 0 rings (SSSR count). The standard InChI is InChI=1S/C12H22N2O2S/c1-7-10(8(2)17-9(3)13)14-11(15)16-12(4,5)6/h10H,2-3,7,13H2,1,4-6H3,(H,14,15). The van der Waals surface area contributed by atoms with Gasteiger partial charge in [0.05, 0.1) is 11.1 Å². The van der Waals surface area contributed by atoms with Crippen molar-refractivity contribution in [1.82, 2.24) is 5.32 Å². The van der Waals surface area contributed by atoms with E-state index in [1.807, 2.05) is 27.7 Å². The van der Waals surface area contributed by atoms with Gasteiger partial charge in [-0.3, -0.25) is 0 Å². The Labute approximate surface area is 108 Å². The number of ether oxygens (including phenoxy) is 1. The average molecular weight is 258 g/mol. The molecule has 0 aromatic carbocycles. The molecule has 0 aromatic rings. The second kappa shape index (κ2) is 6.59. The van der Waals surface area contributed by atoms with E-state index in [1.54, 1.807) is 0 Å². The maximum Gasteiger partial charge on any atom is 0.408 e. The van der Waals surface area contributed by atoms with Gasteiger partial charge in [-0.25, -0.2) is 4.79 Å². The predicted octanol–water partition coefficient (Wildman–Crippen LogP) is 2.97. The molecule has 0 aliphatic rings. The van der Waals surface area contributed by atoms with E-state index < -0.39 is 11.7 Å². The van der Waals surface area contributed by atoms with Crippen molar-refractivity contribution in [3.8, 4) is 0 Å². The molecule has 1 amide bonds. The summed E-state index contributed by atoms with van der Waals surface area (Å²) < 4.78 is 5.17. The van der Waals surface area contributed by atoms with E-state index in [-0.39, 0.29) is 6.04 Å². The SMILES string of the molecule is C=C(N)SC(=C)C(CC)NC(=O)OC(C)(C)C. The van der Waals surface area contributed by atoms with Crippen LogP contribution in [0.4, 0.5) is 4.79 Å². The fourth-order valence-corrected chi connectivity index (χ4v) is 1.80. The highest BCUT2D eigenvalue weighted by atomic mass is 32.2. The maximum atomic E-state index is 11.6. The Kier molecular flexibility index (Phi) is 6.16. The number of alkyl carbamates (subject to hydrolysis) is 1. The zero-order valence-electron chi connectivity index (χ0n) is 11.0. The minimum atomic E-state index is -0.506. The molecule has 0 aromatic heterocycles. The summed E-state index contributed by atoms with van der Waals surface area (Å²) in [5, 5.41) is 3.21. The van der Waals surface area contributed by atoms with Crippen molar-refractivity contribution in [3.63, 3.8) is 0 Å². The molecular formula is C12H22N2O2S. The van der Waals surface area contributed by atoms with Crippen LogP contribution in [-0.2, 0) is 4.74 Å². The molecular weight excluding hydrogens is 236 g/mol. The summed E-state index contributed by atoms with van der Waals surface area (Å²) in [6, 6.07) is -0.171. The first-order chi connectivity index (χ1) is 7.65. The molecule has 0 saturated heterocycles. The number of hydrogen-bond acceptors (Lipinski definition) is 4. The predicted molar refractivity (Wildman–Crippen MR) is 73.5 cm³/mol. The number of hydrogen-bond donors (Lipinski definition) is 2. The van der Waals surface area contributed by atoms with Crippen molar-refractivity contribution in [3.05, 3.63) is 23.1 Å². The van der Waals surface area contributed by atoms with E-state index in [0.717, 1.165) is 11.3 Å². The first-order valence-electron chi connectivity index (χ1n) is 5.46. The van der Waals surface area contributed by atoms with E-state index >= 15 is 0 Å². The molecule has 98 valence electrons. The van der Waals surface area contributed by atoms with Crippen molar-refractivity contribution in [2.45, 2.75) is 45.8 Å². The second-order valence-corrected chi connectivity index (χ2v) is 5.89. The van der Waals surface area contributed by atoms with Crippen LogP contribution in [-0.4, -0.2) is 17.7 Å². The first-order valence-corrected chi connectivity index (χ1v) is 6.28. The number of carbonyl (C=O) groups excluding carboxylic acids is 1. The zero-order chi connectivity index (χ0) is 13.6. The van der Waals surface area contributed by atoms with Gasteiger partial charge in [-0.15, -0.1) is 0 Å². The van der Waals surface area contributed by atoms with Crippen LogP contribution in [0.3, 0.4) is 0 Å². The quantitative estimate of drug-likeness (QED) is 0.795. The lowest BCUT2D eigenvalue weighted by atomic mass is 10.2. The van der Waals surface area contributed by atoms with E-state index in [1.165, 1.54) is 11.8 Å². The summed E-state index contributed by atoms with van der Waals surface area (Å²) in [5.41, 5.74) is 4.98. The van der Waals surface area contributed by atoms with Gasteiger partial charge in [-0.1, -0.05) is 31.8 Å². The van der Waals surface area contributed by atoms with Crippen LogP contribution in [0.15, 0.2) is 23.1 Å². The Morgan fingerprint density at radius 2 is 2.00 bits per heavy atom. The molecule has 0 aliphatic carbocycles. The van der Waals surface area contributed by atoms with Gasteiger partial charge in [-0.2, -0.15) is 0 Å². The van der Waals surface area contributed by atoms with Crippen LogP contribution in [0.2, 0.25) is 0 Å². The highest BCUT2D eigenvalue weighted by Crippen LogP contribution is 2.23. The average Bonchev–Trinajstić information content (AvgIpc) is 2.09. The molecule has 0 bridgehead atoms. The number of amides is 1. The molecule has 1 atom stereocenters. The zero-order valence-corrected chi connectivity index (χ0v) is 11.8. The van der Waals surface area contributed by atoms with E-state index in [0.29, 0.717) is 5.03 Å². The Balaban J connectivity index is 4.35. The normalized spacial score (nSPS) is 12.7. The van der Waals surface area contributed by atoms with E-state index in [4.69, 9.17) is 10.5 Å². The molecule has 0 spiro atoms. The fraction of sp³-hybridized carbons (Fsp3) is 0.583. The molecule has 0 heterocycles. The minimum absolute atomic E-state index is 0.171. The van der Waals surface area contributed by atoms with Gasteiger partial charge in [0, 0.05) is 4.91 Å². The summed E-state index contributed by atoms with van der Waals surface area (Å²) >= 11 is 1.27. The summed E-state index contributed by atoms with van der Waals surface area (Å²) in [5.74, 6) is 0. The molecule has 4 nitrogen and oxygen atoms in total. The summed E-state index contributed by atoms with van der Waals surface area (Å²) in [4.78, 5) is 12.3. The van der Waals surface area contributed by atoms with E-state index in [9.17, 15) is 4.79 Å². The molecule has 5 heteroatoms. The van der Waals surface area contributed by atoms with Gasteiger partial charge < -0.3 is 15.8 Å². The lowest BCUT2D eigenvalue weighted by molar-refractivity contribution is 0.0513. The summed E-state index contributed by atoms with van der Waals surface area (Å²) in [7, 11) is 0. The van der Waals surface area contributed by atoms with Crippen LogP contribution in [0.5, 0.6) is 0 Å². The van der Waals surface area contributed by atoms with Gasteiger partial charge >= 0.3 is 6.09 Å². The molecule has 0 saturated carbocycles. The third-order valence-electron chi connectivity index (χ3n) is 1.75. The van der Waals surface area contributed by atoms with Crippen LogP contribution in [0.25, 0.3) is 0 Å². The van der Waals surface area contributed by atoms with Crippen molar-refractivity contribution >= 4 is 17.9 Å². The van der Waals surface area contributed by atoms with Crippen LogP contribution < -0.4 is 11.1 Å². The third-order valence-corrected chi connectivity index (χ3v) is 2.56. The maximum absolute atomic E-state index is 11.6. The molecule has 17 heavy (non-hydrogen) atoms. The first kappa shape index (κ1) is 15.9. The molecule has 1 unspecified atom stereocenters. The summed E-state index contributed by atoms with van der Waals surface area (Å²) in [6.07, 6.45) is 0.270. The monoisotopic (exact) mass is 258 g/mol. The Morgan fingerprint density at radius 3 is 2.35 bits per heavy atom. The van der Waals surface area contributed by atoms with Gasteiger partial charge in [0.15, 0.2) is 0 Å². The van der Waals surface area contributed by atoms with Crippen LogP contribution >= 0.6 is 11.8 Å². The highest BCUT2D eigenvalue weighted by Gasteiger charge is 2.20. The minimum Gasteiger partial charge on any atom is -0.444 e. The van der Waals surface area contributed by atoms with Crippen molar-refractivity contribution in [2.24, 2.45) is 5.73 Å². The number of rotatable bonds is 5. The Bertz CT molecular complexity index is 308. The van der Waals surface area contributed by atoms with Crippen molar-refractivity contribution in [1.29, 1.82) is 0 Å². The largest absolute Gasteiger partial charge is 0.444 e. The highest BCUT2D eigenvalue weighted by molar-refractivity contribution is 8.06. The molecule has 0 radical (unpaired) electrons. The van der Waals surface area contributed by atoms with Crippen LogP contribution in [0.1, 0.15) is 34.1 Å². The van der Waals surface area contributed by atoms with Crippen molar-refractivity contribution < 1.29 is 9.53 Å². The molecule has 0 fully saturated rings. The number of nitrogens with one attached hydrogen (secondary N) is 1. The third kappa shape index (κ3) is 7.74. The topological polar surface area (TPSA) is 64.3 Å². The number of carbonyl (C=O) groups is 1. The number of thioether (sulfide) groups is 1. The Hall–Kier alpha value is -1.10. The van der Waals surface area contributed by atoms with E-state index in [2.05, 4.69) is 18.5 Å². The molecule has 0 aliphatic heterocycles. The van der Waals surface area contributed by atoms with Crippen molar-refractivity contribution in [2.75, 3.05) is 0 Å².